The predicted octanol–water partition coefficient (Wildman–Crippen LogP) is 3.42. The minimum atomic E-state index is 0. The first-order valence-corrected chi connectivity index (χ1v) is 9.54. The van der Waals surface area contributed by atoms with Gasteiger partial charge in [0.05, 0.1) is 6.61 Å². The van der Waals surface area contributed by atoms with E-state index < -0.39 is 0 Å². The molecule has 1 aromatic rings. The van der Waals surface area contributed by atoms with E-state index in [9.17, 15) is 0 Å². The molecule has 2 heterocycles. The van der Waals surface area contributed by atoms with E-state index in [1.807, 2.05) is 14.0 Å². The summed E-state index contributed by atoms with van der Waals surface area (Å²) in [5, 5.41) is 3.65. The highest BCUT2D eigenvalue weighted by molar-refractivity contribution is 14.0. The van der Waals surface area contributed by atoms with E-state index in [2.05, 4.69) is 39.5 Å². The molecule has 6 heteroatoms. The fourth-order valence-electron chi connectivity index (χ4n) is 3.91. The smallest absolute Gasteiger partial charge is 0.193 e. The average Bonchev–Trinajstić information content (AvgIpc) is 3.18. The molecule has 146 valence electrons. The van der Waals surface area contributed by atoms with Gasteiger partial charge in [-0.2, -0.15) is 0 Å². The van der Waals surface area contributed by atoms with Crippen LogP contribution in [0.15, 0.2) is 29.3 Å². The standard InChI is InChI=1S/C20H31N3O2.HI/c1-3-25-18-8-6-17(7-9-18)20(10-14-24-15-11-20)16-22-19(21-2)23-12-4-5-13-23;/h6-9H,3-5,10-16H2,1-2H3,(H,21,22);1H. The fraction of sp³-hybridized carbons (Fsp3) is 0.650. The summed E-state index contributed by atoms with van der Waals surface area (Å²) in [5.41, 5.74) is 1.46. The number of halogens is 1. The molecular weight excluding hydrogens is 441 g/mol. The molecule has 5 nitrogen and oxygen atoms in total. The molecule has 2 fully saturated rings. The minimum Gasteiger partial charge on any atom is -0.494 e. The van der Waals surface area contributed by atoms with Crippen LogP contribution < -0.4 is 10.1 Å². The average molecular weight is 473 g/mol. The highest BCUT2D eigenvalue weighted by Crippen LogP contribution is 2.35. The number of nitrogens with zero attached hydrogens (tertiary/aromatic N) is 2. The number of benzene rings is 1. The summed E-state index contributed by atoms with van der Waals surface area (Å²) in [4.78, 5) is 6.86. The first-order valence-electron chi connectivity index (χ1n) is 9.54. The molecule has 2 saturated heterocycles. The first kappa shape index (κ1) is 21.3. The molecule has 1 N–H and O–H groups in total. The number of nitrogens with one attached hydrogen (secondary N) is 1. The Balaban J connectivity index is 0.00000243. The van der Waals surface area contributed by atoms with Gasteiger partial charge in [0.25, 0.3) is 0 Å². The van der Waals surface area contributed by atoms with Gasteiger partial charge >= 0.3 is 0 Å². The van der Waals surface area contributed by atoms with E-state index in [4.69, 9.17) is 9.47 Å². The highest BCUT2D eigenvalue weighted by atomic mass is 127. The Hall–Kier alpha value is -1.02. The molecule has 0 aromatic heterocycles. The van der Waals surface area contributed by atoms with Crippen molar-refractivity contribution in [2.45, 2.75) is 38.0 Å². The third-order valence-corrected chi connectivity index (χ3v) is 5.43. The second-order valence-corrected chi connectivity index (χ2v) is 6.95. The van der Waals surface area contributed by atoms with Gasteiger partial charge in [-0.05, 0) is 50.3 Å². The molecule has 0 saturated carbocycles. The SMILES string of the molecule is CCOc1ccc(C2(CNC(=NC)N3CCCC3)CCOCC2)cc1.I. The van der Waals surface area contributed by atoms with Gasteiger partial charge in [0.1, 0.15) is 5.75 Å². The summed E-state index contributed by atoms with van der Waals surface area (Å²) >= 11 is 0. The zero-order valence-electron chi connectivity index (χ0n) is 16.0. The van der Waals surface area contributed by atoms with Crippen LogP contribution in [0.1, 0.15) is 38.2 Å². The zero-order valence-corrected chi connectivity index (χ0v) is 18.3. The van der Waals surface area contributed by atoms with E-state index in [1.165, 1.54) is 18.4 Å². The summed E-state index contributed by atoms with van der Waals surface area (Å²) < 4.78 is 11.2. The monoisotopic (exact) mass is 473 g/mol. The normalized spacial score (nSPS) is 19.8. The maximum Gasteiger partial charge on any atom is 0.193 e. The molecule has 0 spiro atoms. The van der Waals surface area contributed by atoms with Crippen LogP contribution in [0.5, 0.6) is 5.75 Å². The summed E-state index contributed by atoms with van der Waals surface area (Å²) in [6.45, 7) is 7.47. The van der Waals surface area contributed by atoms with E-state index in [0.717, 1.165) is 57.4 Å². The number of guanidine groups is 1. The summed E-state index contributed by atoms with van der Waals surface area (Å²) in [6.07, 6.45) is 4.59. The van der Waals surface area contributed by atoms with E-state index in [-0.39, 0.29) is 29.4 Å². The van der Waals surface area contributed by atoms with Crippen molar-refractivity contribution >= 4 is 29.9 Å². The molecule has 0 bridgehead atoms. The number of ether oxygens (including phenoxy) is 2. The van der Waals surface area contributed by atoms with E-state index in [0.29, 0.717) is 6.61 Å². The molecule has 0 unspecified atom stereocenters. The van der Waals surface area contributed by atoms with Crippen LogP contribution in [0.4, 0.5) is 0 Å². The summed E-state index contributed by atoms with van der Waals surface area (Å²) in [5.74, 6) is 1.98. The summed E-state index contributed by atoms with van der Waals surface area (Å²) in [7, 11) is 1.88. The van der Waals surface area contributed by atoms with Crippen molar-refractivity contribution in [1.82, 2.24) is 10.2 Å². The Kier molecular flexibility index (Phi) is 8.47. The highest BCUT2D eigenvalue weighted by Gasteiger charge is 2.35. The van der Waals surface area contributed by atoms with Crippen LogP contribution >= 0.6 is 24.0 Å². The van der Waals surface area contributed by atoms with Crippen LogP contribution in [0, 0.1) is 0 Å². The number of aliphatic imine (C=N–C) groups is 1. The van der Waals surface area contributed by atoms with Gasteiger partial charge in [0, 0.05) is 45.3 Å². The topological polar surface area (TPSA) is 46.1 Å². The lowest BCUT2D eigenvalue weighted by Gasteiger charge is -2.39. The molecule has 26 heavy (non-hydrogen) atoms. The Morgan fingerprint density at radius 2 is 1.85 bits per heavy atom. The lowest BCUT2D eigenvalue weighted by atomic mass is 9.74. The van der Waals surface area contributed by atoms with Gasteiger partial charge in [0.2, 0.25) is 0 Å². The Morgan fingerprint density at radius 3 is 2.42 bits per heavy atom. The van der Waals surface area contributed by atoms with Crippen LogP contribution in [0.25, 0.3) is 0 Å². The second kappa shape index (κ2) is 10.3. The number of likely N-dealkylation sites (tertiary alicyclic amines) is 1. The van der Waals surface area contributed by atoms with Crippen molar-refractivity contribution in [2.75, 3.05) is 46.5 Å². The lowest BCUT2D eigenvalue weighted by molar-refractivity contribution is 0.0512. The van der Waals surface area contributed by atoms with Crippen molar-refractivity contribution < 1.29 is 9.47 Å². The van der Waals surface area contributed by atoms with E-state index in [1.54, 1.807) is 0 Å². The molecule has 0 atom stereocenters. The molecule has 3 rings (SSSR count). The third kappa shape index (κ3) is 5.03. The van der Waals surface area contributed by atoms with Crippen molar-refractivity contribution in [3.63, 3.8) is 0 Å². The van der Waals surface area contributed by atoms with Gasteiger partial charge in [-0.1, -0.05) is 12.1 Å². The molecule has 0 aliphatic carbocycles. The third-order valence-electron chi connectivity index (χ3n) is 5.43. The van der Waals surface area contributed by atoms with Crippen molar-refractivity contribution in [1.29, 1.82) is 0 Å². The largest absolute Gasteiger partial charge is 0.494 e. The van der Waals surface area contributed by atoms with Crippen molar-refractivity contribution in [3.8, 4) is 5.75 Å². The molecular formula is C20H32IN3O2. The molecule has 2 aliphatic rings. The zero-order chi connectivity index (χ0) is 17.5. The summed E-state index contributed by atoms with van der Waals surface area (Å²) in [6, 6.07) is 8.61. The molecule has 0 radical (unpaired) electrons. The predicted molar refractivity (Wildman–Crippen MR) is 117 cm³/mol. The van der Waals surface area contributed by atoms with Gasteiger partial charge < -0.3 is 19.7 Å². The van der Waals surface area contributed by atoms with Crippen LogP contribution in [-0.2, 0) is 10.2 Å². The Morgan fingerprint density at radius 1 is 1.19 bits per heavy atom. The van der Waals surface area contributed by atoms with Crippen molar-refractivity contribution in [2.24, 2.45) is 4.99 Å². The number of hydrogen-bond acceptors (Lipinski definition) is 3. The Bertz CT molecular complexity index is 565. The first-order chi connectivity index (χ1) is 12.3. The molecule has 2 aliphatic heterocycles. The van der Waals surface area contributed by atoms with Crippen LogP contribution in [0.2, 0.25) is 0 Å². The lowest BCUT2D eigenvalue weighted by Crippen LogP contribution is -2.48. The maximum atomic E-state index is 5.65. The van der Waals surface area contributed by atoms with Gasteiger partial charge in [-0.15, -0.1) is 24.0 Å². The van der Waals surface area contributed by atoms with Gasteiger partial charge in [-0.25, -0.2) is 0 Å². The van der Waals surface area contributed by atoms with Crippen molar-refractivity contribution in [3.05, 3.63) is 29.8 Å². The number of rotatable bonds is 5. The van der Waals surface area contributed by atoms with Gasteiger partial charge in [-0.3, -0.25) is 4.99 Å². The molecule has 1 aromatic carbocycles. The Labute approximate surface area is 174 Å². The van der Waals surface area contributed by atoms with E-state index >= 15 is 0 Å². The fourth-order valence-corrected chi connectivity index (χ4v) is 3.91. The maximum absolute atomic E-state index is 5.65. The molecule has 0 amide bonds. The van der Waals surface area contributed by atoms with Gasteiger partial charge in [0.15, 0.2) is 5.96 Å². The second-order valence-electron chi connectivity index (χ2n) is 6.95. The van der Waals surface area contributed by atoms with Crippen LogP contribution in [0.3, 0.4) is 0 Å². The van der Waals surface area contributed by atoms with Crippen LogP contribution in [-0.4, -0.2) is 57.4 Å². The minimum absolute atomic E-state index is 0. The number of hydrogen-bond donors (Lipinski definition) is 1. The quantitative estimate of drug-likeness (QED) is 0.405.